The Bertz CT molecular complexity index is 599. The molecule has 0 fully saturated rings. The smallest absolute Gasteiger partial charge is 0.350 e. The Morgan fingerprint density at radius 1 is 1.50 bits per heavy atom. The van der Waals surface area contributed by atoms with Gasteiger partial charge in [0.1, 0.15) is 14.8 Å². The summed E-state index contributed by atoms with van der Waals surface area (Å²) in [6.45, 7) is 0.647. The Morgan fingerprint density at radius 3 is 2.55 bits per heavy atom. The molecule has 10 heteroatoms. The summed E-state index contributed by atoms with van der Waals surface area (Å²) in [5.41, 5.74) is 5.37. The average Bonchev–Trinajstić information content (AvgIpc) is 2.73. The Morgan fingerprint density at radius 2 is 2.10 bits per heavy atom. The fourth-order valence-electron chi connectivity index (χ4n) is 1.41. The number of nitrogens with one attached hydrogen (secondary N) is 1. The molecule has 6 nitrogen and oxygen atoms in total. The molecule has 0 radical (unpaired) electrons. The summed E-state index contributed by atoms with van der Waals surface area (Å²) in [6.07, 6.45) is -2.67. The molecule has 20 heavy (non-hydrogen) atoms. The second-order valence-electron chi connectivity index (χ2n) is 3.67. The van der Waals surface area contributed by atoms with Gasteiger partial charge in [-0.3, -0.25) is 0 Å². The van der Waals surface area contributed by atoms with Crippen LogP contribution in [-0.2, 0) is 14.6 Å². The molecule has 0 aliphatic rings. The molecule has 114 valence electrons. The maximum atomic E-state index is 12.2. The highest BCUT2D eigenvalue weighted by molar-refractivity contribution is 7.91. The van der Waals surface area contributed by atoms with Gasteiger partial charge in [0.2, 0.25) is 0 Å². The van der Waals surface area contributed by atoms with E-state index in [1.54, 1.807) is 0 Å². The van der Waals surface area contributed by atoms with Crippen LogP contribution in [0.5, 0.6) is 0 Å². The number of carbonyl (C=O) groups excluding carboxylic acids is 1. The molecule has 0 saturated heterocycles. The zero-order valence-electron chi connectivity index (χ0n) is 10.8. The summed E-state index contributed by atoms with van der Waals surface area (Å²) < 4.78 is 52.9. The molecule has 0 spiro atoms. The second-order valence-corrected chi connectivity index (χ2v) is 6.91. The quantitative estimate of drug-likeness (QED) is 0.770. The third kappa shape index (κ3) is 3.37. The summed E-state index contributed by atoms with van der Waals surface area (Å²) in [6, 6.07) is 0. The predicted octanol–water partition coefficient (Wildman–Crippen LogP) is 1.59. The van der Waals surface area contributed by atoms with Crippen LogP contribution < -0.4 is 11.1 Å². The maximum Gasteiger partial charge on any atom is 0.350 e. The highest BCUT2D eigenvalue weighted by Gasteiger charge is 2.29. The van der Waals surface area contributed by atoms with Crippen molar-refractivity contribution < 1.29 is 26.7 Å². The van der Waals surface area contributed by atoms with Gasteiger partial charge < -0.3 is 15.8 Å². The third-order valence-electron chi connectivity index (χ3n) is 2.38. The van der Waals surface area contributed by atoms with E-state index in [4.69, 9.17) is 5.73 Å². The normalized spacial score (nSPS) is 11.7. The van der Waals surface area contributed by atoms with Gasteiger partial charge in [-0.25, -0.2) is 22.0 Å². The van der Waals surface area contributed by atoms with Crippen LogP contribution in [0.3, 0.4) is 0 Å². The van der Waals surface area contributed by atoms with Gasteiger partial charge in [-0.1, -0.05) is 6.92 Å². The summed E-state index contributed by atoms with van der Waals surface area (Å²) in [5, 5.41) is 2.22. The van der Waals surface area contributed by atoms with Crippen molar-refractivity contribution in [2.75, 3.05) is 30.5 Å². The van der Waals surface area contributed by atoms with Gasteiger partial charge in [0.05, 0.1) is 25.1 Å². The minimum Gasteiger partial charge on any atom is -0.465 e. The van der Waals surface area contributed by atoms with Crippen LogP contribution in [0.4, 0.5) is 19.5 Å². The van der Waals surface area contributed by atoms with Crippen LogP contribution in [-0.4, -0.2) is 40.2 Å². The van der Waals surface area contributed by atoms with Crippen LogP contribution in [0.2, 0.25) is 0 Å². The first-order valence-electron chi connectivity index (χ1n) is 5.49. The molecule has 3 N–H and O–H groups in total. The SMILES string of the molecule is CCS(=O)(=O)c1c(NCC(F)F)sc(C(=O)OC)c1N. The number of hydrogen-bond acceptors (Lipinski definition) is 7. The molecular weight excluding hydrogens is 314 g/mol. The molecule has 1 aromatic rings. The number of sulfone groups is 1. The van der Waals surface area contributed by atoms with Crippen molar-refractivity contribution in [3.05, 3.63) is 4.88 Å². The van der Waals surface area contributed by atoms with Crippen LogP contribution in [0.15, 0.2) is 4.90 Å². The number of alkyl halides is 2. The second kappa shape index (κ2) is 6.35. The topological polar surface area (TPSA) is 98.5 Å². The Labute approximate surface area is 118 Å². The lowest BCUT2D eigenvalue weighted by atomic mass is 10.4. The highest BCUT2D eigenvalue weighted by Crippen LogP contribution is 2.40. The van der Waals surface area contributed by atoms with Crippen LogP contribution in [0.25, 0.3) is 0 Å². The molecular formula is C10H14F2N2O4S2. The Kier molecular flexibility index (Phi) is 5.28. The fraction of sp³-hybridized carbons (Fsp3) is 0.500. The number of ether oxygens (including phenoxy) is 1. The van der Waals surface area contributed by atoms with E-state index in [1.165, 1.54) is 6.92 Å². The van der Waals surface area contributed by atoms with Crippen molar-refractivity contribution in [2.24, 2.45) is 0 Å². The zero-order valence-corrected chi connectivity index (χ0v) is 12.4. The van der Waals surface area contributed by atoms with Crippen molar-refractivity contribution in [1.82, 2.24) is 0 Å². The van der Waals surface area contributed by atoms with E-state index in [2.05, 4.69) is 10.1 Å². The van der Waals surface area contributed by atoms with E-state index in [-0.39, 0.29) is 26.2 Å². The van der Waals surface area contributed by atoms with Gasteiger partial charge in [-0.15, -0.1) is 11.3 Å². The van der Waals surface area contributed by atoms with E-state index in [0.29, 0.717) is 11.3 Å². The minimum absolute atomic E-state index is 0.0787. The van der Waals surface area contributed by atoms with Crippen molar-refractivity contribution in [3.8, 4) is 0 Å². The maximum absolute atomic E-state index is 12.2. The van der Waals surface area contributed by atoms with Crippen LogP contribution in [0.1, 0.15) is 16.6 Å². The molecule has 0 unspecified atom stereocenters. The van der Waals surface area contributed by atoms with E-state index in [1.807, 2.05) is 0 Å². The highest BCUT2D eigenvalue weighted by atomic mass is 32.2. The molecule has 1 aromatic heterocycles. The number of nitrogen functional groups attached to an aromatic ring is 1. The number of anilines is 2. The van der Waals surface area contributed by atoms with Gasteiger partial charge in [-0.2, -0.15) is 0 Å². The molecule has 1 heterocycles. The summed E-state index contributed by atoms with van der Waals surface area (Å²) in [7, 11) is -2.65. The first-order chi connectivity index (χ1) is 9.24. The van der Waals surface area contributed by atoms with Gasteiger partial charge in [-0.05, 0) is 0 Å². The largest absolute Gasteiger partial charge is 0.465 e. The lowest BCUT2D eigenvalue weighted by molar-refractivity contribution is 0.0607. The lowest BCUT2D eigenvalue weighted by Gasteiger charge is -2.07. The number of nitrogens with two attached hydrogens (primary N) is 1. The minimum atomic E-state index is -3.76. The molecule has 0 bridgehead atoms. The van der Waals surface area contributed by atoms with Crippen molar-refractivity contribution in [3.63, 3.8) is 0 Å². The monoisotopic (exact) mass is 328 g/mol. The average molecular weight is 328 g/mol. The van der Waals surface area contributed by atoms with Crippen LogP contribution >= 0.6 is 11.3 Å². The molecule has 0 aliphatic heterocycles. The van der Waals surface area contributed by atoms with Crippen molar-refractivity contribution in [2.45, 2.75) is 18.2 Å². The number of halogens is 2. The number of rotatable bonds is 6. The summed E-state index contributed by atoms with van der Waals surface area (Å²) >= 11 is 0.680. The summed E-state index contributed by atoms with van der Waals surface area (Å²) in [5.74, 6) is -1.08. The fourth-order valence-corrected chi connectivity index (χ4v) is 4.00. The molecule has 0 aromatic carbocycles. The van der Waals surface area contributed by atoms with E-state index < -0.39 is 28.8 Å². The zero-order chi connectivity index (χ0) is 15.5. The molecule has 0 aliphatic carbocycles. The van der Waals surface area contributed by atoms with Crippen LogP contribution in [0, 0.1) is 0 Å². The standard InChI is InChI=1S/C10H14F2N2O4S2/c1-3-20(16,17)8-6(13)7(10(15)18-2)19-9(8)14-4-5(11)12/h5,14H,3-4,13H2,1-2H3. The van der Waals surface area contributed by atoms with Gasteiger partial charge in [0, 0.05) is 0 Å². The lowest BCUT2D eigenvalue weighted by Crippen LogP contribution is -2.13. The predicted molar refractivity (Wildman–Crippen MR) is 72.3 cm³/mol. The third-order valence-corrected chi connectivity index (χ3v) is 5.46. The Hall–Kier alpha value is -1.42. The molecule has 0 atom stereocenters. The number of esters is 1. The molecule has 0 saturated carbocycles. The first kappa shape index (κ1) is 16.6. The number of carbonyl (C=O) groups is 1. The summed E-state index contributed by atoms with van der Waals surface area (Å²) in [4.78, 5) is 11.0. The first-order valence-corrected chi connectivity index (χ1v) is 7.96. The van der Waals surface area contributed by atoms with E-state index in [0.717, 1.165) is 7.11 Å². The van der Waals surface area contributed by atoms with E-state index >= 15 is 0 Å². The van der Waals surface area contributed by atoms with E-state index in [9.17, 15) is 22.0 Å². The number of hydrogen-bond donors (Lipinski definition) is 2. The van der Waals surface area contributed by atoms with Crippen molar-refractivity contribution >= 4 is 37.8 Å². The van der Waals surface area contributed by atoms with Gasteiger partial charge >= 0.3 is 5.97 Å². The Balaban J connectivity index is 3.37. The molecule has 1 rings (SSSR count). The number of thiophene rings is 1. The van der Waals surface area contributed by atoms with Crippen molar-refractivity contribution in [1.29, 1.82) is 0 Å². The van der Waals surface area contributed by atoms with Gasteiger partial charge in [0.25, 0.3) is 6.43 Å². The van der Waals surface area contributed by atoms with Gasteiger partial charge in [0.15, 0.2) is 9.84 Å². The number of methoxy groups -OCH3 is 1. The molecule has 0 amide bonds.